The maximum absolute atomic E-state index is 11.8. The molecule has 0 aromatic heterocycles. The first kappa shape index (κ1) is 12.2. The van der Waals surface area contributed by atoms with Gasteiger partial charge in [0.2, 0.25) is 0 Å². The van der Waals surface area contributed by atoms with Crippen LogP contribution in [0.1, 0.15) is 46.5 Å². The number of carbonyl (C=O) groups is 1. The number of ether oxygens (including phenoxy) is 1. The van der Waals surface area contributed by atoms with Crippen LogP contribution in [0.4, 0.5) is 0 Å². The van der Waals surface area contributed by atoms with E-state index in [9.17, 15) is 4.79 Å². The first-order chi connectivity index (χ1) is 8.08. The van der Waals surface area contributed by atoms with Gasteiger partial charge in [0.15, 0.2) is 0 Å². The predicted octanol–water partition coefficient (Wildman–Crippen LogP) is 3.69. The molecule has 2 bridgehead atoms. The van der Waals surface area contributed by atoms with Crippen molar-refractivity contribution >= 4 is 5.97 Å². The van der Waals surface area contributed by atoms with Gasteiger partial charge in [-0.15, -0.1) is 0 Å². The van der Waals surface area contributed by atoms with Crippen molar-refractivity contribution in [2.24, 2.45) is 0 Å². The van der Waals surface area contributed by atoms with Gasteiger partial charge in [-0.25, -0.2) is 4.79 Å². The van der Waals surface area contributed by atoms with Crippen molar-refractivity contribution in [3.63, 3.8) is 0 Å². The topological polar surface area (TPSA) is 26.3 Å². The van der Waals surface area contributed by atoms with Gasteiger partial charge < -0.3 is 4.74 Å². The van der Waals surface area contributed by atoms with Crippen molar-refractivity contribution in [1.29, 1.82) is 0 Å². The number of rotatable bonds is 0. The first-order valence-corrected chi connectivity index (χ1v) is 6.30. The van der Waals surface area contributed by atoms with Crippen LogP contribution >= 0.6 is 0 Å². The van der Waals surface area contributed by atoms with E-state index in [1.807, 2.05) is 6.92 Å². The molecule has 0 saturated carbocycles. The summed E-state index contributed by atoms with van der Waals surface area (Å²) in [5, 5.41) is 0. The van der Waals surface area contributed by atoms with Crippen LogP contribution in [-0.4, -0.2) is 12.1 Å². The number of carbonyl (C=O) groups excluding carboxylic acids is 1. The largest absolute Gasteiger partial charge is 0.454 e. The number of esters is 1. The molecule has 2 heteroatoms. The zero-order valence-electron chi connectivity index (χ0n) is 10.9. The van der Waals surface area contributed by atoms with Gasteiger partial charge in [-0.2, -0.15) is 0 Å². The Kier molecular flexibility index (Phi) is 3.51. The Bertz CT molecular complexity index is 424. The highest BCUT2D eigenvalue weighted by Crippen LogP contribution is 2.29. The molecule has 0 unspecified atom stereocenters. The van der Waals surface area contributed by atoms with E-state index in [1.165, 1.54) is 16.7 Å². The Morgan fingerprint density at radius 1 is 1.24 bits per heavy atom. The van der Waals surface area contributed by atoms with Crippen LogP contribution in [0, 0.1) is 0 Å². The molecule has 0 N–H and O–H groups in total. The van der Waals surface area contributed by atoms with Crippen LogP contribution in [0.2, 0.25) is 0 Å². The minimum Gasteiger partial charge on any atom is -0.454 e. The monoisotopic (exact) mass is 232 g/mol. The molecular formula is C15H20O2. The molecule has 0 spiro atoms. The Morgan fingerprint density at radius 2 is 2.00 bits per heavy atom. The Hall–Kier alpha value is -1.31. The van der Waals surface area contributed by atoms with Crippen LogP contribution in [0.3, 0.4) is 0 Å². The lowest BCUT2D eigenvalue weighted by atomic mass is 9.91. The molecule has 2 rings (SSSR count). The van der Waals surface area contributed by atoms with E-state index in [2.05, 4.69) is 26.0 Å². The normalized spacial score (nSPS) is 32.2. The van der Waals surface area contributed by atoms with Gasteiger partial charge in [-0.05, 0) is 45.6 Å². The van der Waals surface area contributed by atoms with Crippen LogP contribution in [0.25, 0.3) is 0 Å². The number of hydrogen-bond donors (Lipinski definition) is 0. The van der Waals surface area contributed by atoms with Gasteiger partial charge in [-0.3, -0.25) is 0 Å². The van der Waals surface area contributed by atoms with Gasteiger partial charge in [0.25, 0.3) is 0 Å². The highest BCUT2D eigenvalue weighted by Gasteiger charge is 2.26. The molecular weight excluding hydrogens is 212 g/mol. The standard InChI is InChI=1S/C15H20O2/c1-10-5-4-6-11(2)14-9-13(8-7-10)12(3)15(16)17-14/h6-7,14H,4-5,8-9H2,1-3H3/b10-7+,11-6+/t14-/m1/s1. The number of fused-ring (bicyclic) bond motifs is 2. The molecule has 1 atom stereocenters. The predicted molar refractivity (Wildman–Crippen MR) is 68.6 cm³/mol. The molecule has 1 aliphatic heterocycles. The fourth-order valence-electron chi connectivity index (χ4n) is 2.33. The maximum Gasteiger partial charge on any atom is 0.334 e. The summed E-state index contributed by atoms with van der Waals surface area (Å²) in [4.78, 5) is 11.8. The minimum absolute atomic E-state index is 0.0343. The van der Waals surface area contributed by atoms with Gasteiger partial charge in [0, 0.05) is 12.0 Å². The molecule has 0 fully saturated rings. The molecule has 0 amide bonds. The first-order valence-electron chi connectivity index (χ1n) is 6.30. The Morgan fingerprint density at radius 3 is 2.76 bits per heavy atom. The van der Waals surface area contributed by atoms with E-state index in [0.29, 0.717) is 0 Å². The second-order valence-electron chi connectivity index (χ2n) is 5.07. The number of allylic oxidation sites excluding steroid dienone is 3. The van der Waals surface area contributed by atoms with Crippen molar-refractivity contribution in [3.05, 3.63) is 34.4 Å². The summed E-state index contributed by atoms with van der Waals surface area (Å²) in [6.45, 7) is 6.11. The van der Waals surface area contributed by atoms with Gasteiger partial charge >= 0.3 is 5.97 Å². The van der Waals surface area contributed by atoms with E-state index in [-0.39, 0.29) is 12.1 Å². The molecule has 0 saturated heterocycles. The van der Waals surface area contributed by atoms with Crippen molar-refractivity contribution in [2.75, 3.05) is 0 Å². The zero-order chi connectivity index (χ0) is 12.4. The fourth-order valence-corrected chi connectivity index (χ4v) is 2.33. The van der Waals surface area contributed by atoms with Crippen molar-refractivity contribution in [1.82, 2.24) is 0 Å². The summed E-state index contributed by atoms with van der Waals surface area (Å²) >= 11 is 0. The molecule has 92 valence electrons. The zero-order valence-corrected chi connectivity index (χ0v) is 10.9. The van der Waals surface area contributed by atoms with Gasteiger partial charge in [0.1, 0.15) is 6.10 Å². The third kappa shape index (κ3) is 2.68. The Balaban J connectivity index is 2.35. The lowest BCUT2D eigenvalue weighted by Gasteiger charge is -2.27. The average Bonchev–Trinajstić information content (AvgIpc) is 2.30. The van der Waals surface area contributed by atoms with Crippen molar-refractivity contribution in [2.45, 2.75) is 52.6 Å². The van der Waals surface area contributed by atoms with E-state index in [0.717, 1.165) is 31.3 Å². The van der Waals surface area contributed by atoms with E-state index in [4.69, 9.17) is 4.74 Å². The molecule has 2 nitrogen and oxygen atoms in total. The minimum atomic E-state index is -0.143. The van der Waals surface area contributed by atoms with Gasteiger partial charge in [-0.1, -0.05) is 23.3 Å². The van der Waals surface area contributed by atoms with E-state index in [1.54, 1.807) is 0 Å². The molecule has 1 aliphatic carbocycles. The molecule has 2 aliphatic rings. The summed E-state index contributed by atoms with van der Waals surface area (Å²) in [5.74, 6) is -0.143. The molecule has 0 radical (unpaired) electrons. The summed E-state index contributed by atoms with van der Waals surface area (Å²) in [7, 11) is 0. The Labute approximate surface area is 103 Å². The molecule has 1 heterocycles. The second-order valence-corrected chi connectivity index (χ2v) is 5.07. The van der Waals surface area contributed by atoms with Crippen molar-refractivity contribution in [3.8, 4) is 0 Å². The lowest BCUT2D eigenvalue weighted by Crippen LogP contribution is -2.26. The summed E-state index contributed by atoms with van der Waals surface area (Å²) in [6, 6.07) is 0. The van der Waals surface area contributed by atoms with Crippen LogP contribution in [0.5, 0.6) is 0 Å². The van der Waals surface area contributed by atoms with E-state index < -0.39 is 0 Å². The smallest absolute Gasteiger partial charge is 0.334 e. The molecule has 0 aromatic carbocycles. The highest BCUT2D eigenvalue weighted by atomic mass is 16.5. The highest BCUT2D eigenvalue weighted by molar-refractivity contribution is 5.90. The fraction of sp³-hybridized carbons (Fsp3) is 0.533. The SMILES string of the molecule is CC1=C2C/C=C(\C)CC/C=C(\C)[C@@H](C2)OC1=O. The summed E-state index contributed by atoms with van der Waals surface area (Å²) < 4.78 is 5.45. The van der Waals surface area contributed by atoms with Crippen LogP contribution in [0.15, 0.2) is 34.4 Å². The average molecular weight is 232 g/mol. The van der Waals surface area contributed by atoms with Gasteiger partial charge in [0.05, 0.1) is 0 Å². The summed E-state index contributed by atoms with van der Waals surface area (Å²) in [5.41, 5.74) is 4.64. The molecule has 17 heavy (non-hydrogen) atoms. The maximum atomic E-state index is 11.8. The van der Waals surface area contributed by atoms with Crippen LogP contribution in [-0.2, 0) is 9.53 Å². The molecule has 0 aromatic rings. The van der Waals surface area contributed by atoms with E-state index >= 15 is 0 Å². The quantitative estimate of drug-likeness (QED) is 0.470. The van der Waals surface area contributed by atoms with Crippen LogP contribution < -0.4 is 0 Å². The lowest BCUT2D eigenvalue weighted by molar-refractivity contribution is -0.143. The summed E-state index contributed by atoms with van der Waals surface area (Å²) in [6.07, 6.45) is 8.33. The third-order valence-electron chi connectivity index (χ3n) is 3.73. The third-order valence-corrected chi connectivity index (χ3v) is 3.73. The number of hydrogen-bond acceptors (Lipinski definition) is 2. The van der Waals surface area contributed by atoms with Crippen molar-refractivity contribution < 1.29 is 9.53 Å². The second kappa shape index (κ2) is 4.91.